The van der Waals surface area contributed by atoms with E-state index in [1.807, 2.05) is 6.92 Å². The monoisotopic (exact) mass is 1380 g/mol. The zero-order valence-electron chi connectivity index (χ0n) is 59.2. The molecule has 3 aliphatic carbocycles. The summed E-state index contributed by atoms with van der Waals surface area (Å²) in [5.41, 5.74) is -3.03. The lowest BCUT2D eigenvalue weighted by molar-refractivity contribution is -0.157. The topological polar surface area (TPSA) is 270 Å². The molecule has 3 heterocycles. The summed E-state index contributed by atoms with van der Waals surface area (Å²) in [6.45, 7) is 4.02. The number of likely N-dealkylation sites (tertiary alicyclic amines) is 1. The van der Waals surface area contributed by atoms with Gasteiger partial charge in [0.25, 0.3) is 0 Å². The Morgan fingerprint density at radius 2 is 1.22 bits per heavy atom. The lowest BCUT2D eigenvalue weighted by atomic mass is 9.81. The number of carbonyl (C=O) groups excluding carboxylic acids is 12. The number of hydrogen-bond acceptors (Lipinski definition) is 12. The van der Waals surface area contributed by atoms with Gasteiger partial charge >= 0.3 is 6.18 Å². The molecule has 6 fully saturated rings. The number of rotatable bonds is 9. The van der Waals surface area contributed by atoms with Gasteiger partial charge in [-0.05, 0) is 119 Å². The predicted octanol–water partition coefficient (Wildman–Crippen LogP) is 4.88. The Morgan fingerprint density at radius 3 is 1.84 bits per heavy atom. The summed E-state index contributed by atoms with van der Waals surface area (Å²) >= 11 is 0. The SMILES string of the molecule is CC[C@H](C)[C@@H]1NC(=O)[C@H](C)N(C)C(=O)C[C@@H](C(=O)N2CCCCC2)N(C)C(=O)[C@H](C2CCCCC2)N(C)C(=O)C2(CCCC2)NC(=O)[C@@H]2CCCN2C(=O)[C@H](CCc2ccc(C(F)(F)F)c(F)c2)NC(=O)CN(C)C(=O)[C@H](CC2CCCCC2)N(C)C(=O)CN(C)C(=O)CN(C)C1=O. The van der Waals surface area contributed by atoms with Crippen LogP contribution in [0.5, 0.6) is 0 Å². The fraction of sp³-hybridized carbons (Fsp3) is 0.743. The molecule has 0 unspecified atom stereocenters. The van der Waals surface area contributed by atoms with E-state index in [1.54, 1.807) is 11.8 Å². The van der Waals surface area contributed by atoms with Crippen molar-refractivity contribution in [2.45, 2.75) is 229 Å². The van der Waals surface area contributed by atoms with Gasteiger partial charge in [-0.1, -0.05) is 90.5 Å². The molecule has 3 aliphatic heterocycles. The molecule has 12 amide bonds. The number of amides is 12. The van der Waals surface area contributed by atoms with Crippen molar-refractivity contribution in [2.24, 2.45) is 17.8 Å². The number of piperidine rings is 1. The van der Waals surface area contributed by atoms with Crippen molar-refractivity contribution < 1.29 is 75.1 Å². The Hall–Kier alpha value is -7.42. The molecule has 7 rings (SSSR count). The van der Waals surface area contributed by atoms with E-state index >= 15 is 23.6 Å². The van der Waals surface area contributed by atoms with Gasteiger partial charge in [0.1, 0.15) is 53.6 Å². The van der Waals surface area contributed by atoms with Crippen molar-refractivity contribution in [1.82, 2.24) is 60.0 Å². The zero-order chi connectivity index (χ0) is 72.1. The molecule has 28 heteroatoms. The van der Waals surface area contributed by atoms with Crippen molar-refractivity contribution in [3.8, 4) is 0 Å². The molecule has 8 atom stereocenters. The van der Waals surface area contributed by atoms with Crippen LogP contribution in [0.2, 0.25) is 0 Å². The second kappa shape index (κ2) is 34.6. The molecular formula is C70H106F4N12O12. The summed E-state index contributed by atoms with van der Waals surface area (Å²) in [6, 6.07) is -6.55. The van der Waals surface area contributed by atoms with Gasteiger partial charge in [0.15, 0.2) is 0 Å². The van der Waals surface area contributed by atoms with Crippen molar-refractivity contribution in [3.05, 3.63) is 35.1 Å². The van der Waals surface area contributed by atoms with Crippen LogP contribution in [0.25, 0.3) is 0 Å². The van der Waals surface area contributed by atoms with Crippen LogP contribution in [-0.2, 0) is 70.1 Å². The number of nitrogens with zero attached hydrogens (tertiary/aromatic N) is 9. The van der Waals surface area contributed by atoms with Crippen molar-refractivity contribution >= 4 is 70.9 Å². The van der Waals surface area contributed by atoms with E-state index in [2.05, 4.69) is 16.0 Å². The third-order valence-corrected chi connectivity index (χ3v) is 21.8. The third kappa shape index (κ3) is 19.1. The molecule has 0 bridgehead atoms. The maximum absolute atomic E-state index is 15.7. The summed E-state index contributed by atoms with van der Waals surface area (Å²) < 4.78 is 56.2. The molecule has 1 aromatic carbocycles. The quantitative estimate of drug-likeness (QED) is 0.279. The van der Waals surface area contributed by atoms with Crippen LogP contribution in [-0.4, -0.2) is 251 Å². The Balaban J connectivity index is 1.27. The number of alkyl halides is 3. The fourth-order valence-corrected chi connectivity index (χ4v) is 15.2. The molecule has 1 aromatic rings. The summed E-state index contributed by atoms with van der Waals surface area (Å²) in [5, 5.41) is 8.56. The van der Waals surface area contributed by atoms with Crippen LogP contribution >= 0.6 is 0 Å². The highest BCUT2D eigenvalue weighted by molar-refractivity contribution is 6.00. The van der Waals surface area contributed by atoms with E-state index in [-0.39, 0.29) is 56.6 Å². The molecule has 6 aliphatic rings. The van der Waals surface area contributed by atoms with E-state index in [1.165, 1.54) is 75.9 Å². The minimum Gasteiger partial charge on any atom is -0.343 e. The number of hydrogen-bond donors (Lipinski definition) is 3. The highest BCUT2D eigenvalue weighted by Crippen LogP contribution is 2.38. The molecule has 24 nitrogen and oxygen atoms in total. The van der Waals surface area contributed by atoms with Gasteiger partial charge in [0, 0.05) is 69.0 Å². The van der Waals surface area contributed by atoms with Crippen molar-refractivity contribution in [2.75, 3.05) is 88.6 Å². The van der Waals surface area contributed by atoms with Gasteiger partial charge in [-0.25, -0.2) is 4.39 Å². The zero-order valence-corrected chi connectivity index (χ0v) is 59.2. The minimum absolute atomic E-state index is 0.00126. The summed E-state index contributed by atoms with van der Waals surface area (Å²) in [6.07, 6.45) is 6.18. The summed E-state index contributed by atoms with van der Waals surface area (Å²) in [7, 11) is 9.82. The van der Waals surface area contributed by atoms with E-state index in [9.17, 15) is 51.5 Å². The number of nitrogens with one attached hydrogen (secondary N) is 3. The van der Waals surface area contributed by atoms with Crippen LogP contribution in [0.4, 0.5) is 17.6 Å². The number of aryl methyl sites for hydroxylation is 1. The van der Waals surface area contributed by atoms with Crippen LogP contribution in [0.1, 0.15) is 180 Å². The van der Waals surface area contributed by atoms with Crippen LogP contribution in [0.15, 0.2) is 18.2 Å². The van der Waals surface area contributed by atoms with E-state index in [0.717, 1.165) is 83.5 Å². The lowest BCUT2D eigenvalue weighted by Crippen LogP contribution is -2.65. The smallest absolute Gasteiger partial charge is 0.343 e. The first-order valence-electron chi connectivity index (χ1n) is 35.5. The Bertz CT molecular complexity index is 3060. The minimum atomic E-state index is -5.00. The van der Waals surface area contributed by atoms with Crippen LogP contribution in [0.3, 0.4) is 0 Å². The predicted molar refractivity (Wildman–Crippen MR) is 355 cm³/mol. The number of halogens is 4. The second-order valence-electron chi connectivity index (χ2n) is 28.7. The average Bonchev–Trinajstić information content (AvgIpc) is 1.27. The van der Waals surface area contributed by atoms with Gasteiger partial charge < -0.3 is 60.0 Å². The highest BCUT2D eigenvalue weighted by atomic mass is 19.4. The Morgan fingerprint density at radius 1 is 0.622 bits per heavy atom. The normalized spacial score (nSPS) is 27.2. The van der Waals surface area contributed by atoms with Gasteiger partial charge in [-0.3, -0.25) is 57.5 Å². The molecule has 3 saturated carbocycles. The van der Waals surface area contributed by atoms with Crippen LogP contribution in [0, 0.1) is 23.6 Å². The first-order valence-corrected chi connectivity index (χ1v) is 35.5. The maximum atomic E-state index is 15.7. The largest absolute Gasteiger partial charge is 0.419 e. The first kappa shape index (κ1) is 77.9. The van der Waals surface area contributed by atoms with E-state index in [4.69, 9.17) is 0 Å². The Labute approximate surface area is 574 Å². The molecule has 0 radical (unpaired) electrons. The van der Waals surface area contributed by atoms with Crippen molar-refractivity contribution in [3.63, 3.8) is 0 Å². The molecule has 546 valence electrons. The molecule has 0 aromatic heterocycles. The third-order valence-electron chi connectivity index (χ3n) is 21.8. The average molecular weight is 1380 g/mol. The second-order valence-corrected chi connectivity index (χ2v) is 28.7. The van der Waals surface area contributed by atoms with E-state index in [0.29, 0.717) is 76.6 Å². The molecule has 3 saturated heterocycles. The standard InChI is InChI=1S/C70H106F4N12O12/c1-11-44(2)59-66(96)80(6)42-57(89)78(4)43-58(90)82(8)53(39-46-24-15-12-16-25-46)64(94)79(5)41-55(87)75-51(32-30-47-29-31-49(50(71)38-47)70(72,73)74)63(93)86-37-23-28-52(86)62(92)77-69(33-19-20-34-69)68(98)84(10)60(48-26-17-13-18-27-48)67(97)83(9)54(65(95)85-35-21-14-22-36-85)40-56(88)81(7)45(3)61(91)76-59/h29,31,38,44-46,48,51-54,59-60H,11-28,30,32-37,39-43H2,1-10H3,(H,75,87)(H,76,91)(H,77,92)/t44-,45-,51-,52-,53-,54-,59-,60-/m0/s1. The highest BCUT2D eigenvalue weighted by Gasteiger charge is 2.51. The molecule has 3 N–H and O–H groups in total. The number of likely N-dealkylation sites (N-methyl/N-ethyl adjacent to an activating group) is 7. The first-order chi connectivity index (χ1) is 46.3. The van der Waals surface area contributed by atoms with Gasteiger partial charge in [-0.15, -0.1) is 0 Å². The number of carbonyl (C=O) groups is 12. The molecule has 98 heavy (non-hydrogen) atoms. The molecular weight excluding hydrogens is 1280 g/mol. The van der Waals surface area contributed by atoms with E-state index < -0.39 is 174 Å². The Kier molecular flexibility index (Phi) is 27.5. The number of benzene rings is 1. The van der Waals surface area contributed by atoms with Gasteiger partial charge in [0.05, 0.1) is 31.6 Å². The number of fused-ring (bicyclic) bond motifs is 1. The maximum Gasteiger partial charge on any atom is 0.419 e. The van der Waals surface area contributed by atoms with Gasteiger partial charge in [0.2, 0.25) is 70.9 Å². The summed E-state index contributed by atoms with van der Waals surface area (Å²) in [4.78, 5) is 189. The van der Waals surface area contributed by atoms with Crippen molar-refractivity contribution in [1.29, 1.82) is 0 Å². The van der Waals surface area contributed by atoms with Crippen LogP contribution < -0.4 is 16.0 Å². The molecule has 1 spiro atoms. The lowest BCUT2D eigenvalue weighted by Gasteiger charge is -2.43. The van der Waals surface area contributed by atoms with Gasteiger partial charge in [-0.2, -0.15) is 13.2 Å². The summed E-state index contributed by atoms with van der Waals surface area (Å²) in [5.74, 6) is -10.5. The fourth-order valence-electron chi connectivity index (χ4n) is 15.2.